The number of sulfonamides is 1. The zero-order valence-corrected chi connectivity index (χ0v) is 13.5. The molecule has 1 atom stereocenters. The minimum atomic E-state index is -3.48. The lowest BCUT2D eigenvalue weighted by molar-refractivity contribution is 0.357. The Morgan fingerprint density at radius 2 is 2.11 bits per heavy atom. The fourth-order valence-electron chi connectivity index (χ4n) is 2.12. The molecule has 1 aromatic carbocycles. The molecule has 1 aliphatic carbocycles. The second kappa shape index (κ2) is 5.52. The summed E-state index contributed by atoms with van der Waals surface area (Å²) in [5, 5.41) is 0. The van der Waals surface area contributed by atoms with Gasteiger partial charge < -0.3 is 5.73 Å². The van der Waals surface area contributed by atoms with Crippen molar-refractivity contribution >= 4 is 26.0 Å². The Kier molecular flexibility index (Phi) is 4.35. The molecule has 1 saturated carbocycles. The summed E-state index contributed by atoms with van der Waals surface area (Å²) in [7, 11) is -1.82. The van der Waals surface area contributed by atoms with Crippen LogP contribution in [0.5, 0.6) is 0 Å². The predicted octanol–water partition coefficient (Wildman–Crippen LogP) is 2.33. The van der Waals surface area contributed by atoms with E-state index in [1.807, 2.05) is 13.0 Å². The van der Waals surface area contributed by atoms with E-state index in [1.165, 1.54) is 4.31 Å². The van der Waals surface area contributed by atoms with Crippen LogP contribution in [0.25, 0.3) is 0 Å². The molecule has 1 aromatic rings. The Balaban J connectivity index is 2.37. The first-order valence-electron chi connectivity index (χ1n) is 6.34. The number of halogens is 1. The standard InChI is InChI=1S/C13H19BrN2O2S/c1-9(11-4-5-11)16(2)19(17,18)13-7-10(8-15)3-6-12(13)14/h3,6-7,9,11H,4-5,8,15H2,1-2H3. The van der Waals surface area contributed by atoms with Gasteiger partial charge in [-0.1, -0.05) is 6.07 Å². The van der Waals surface area contributed by atoms with E-state index in [-0.39, 0.29) is 6.04 Å². The molecule has 19 heavy (non-hydrogen) atoms. The molecule has 0 aromatic heterocycles. The Bertz CT molecular complexity index is 570. The van der Waals surface area contributed by atoms with Crippen molar-refractivity contribution < 1.29 is 8.42 Å². The molecule has 2 rings (SSSR count). The van der Waals surface area contributed by atoms with E-state index < -0.39 is 10.0 Å². The van der Waals surface area contributed by atoms with Crippen molar-refractivity contribution in [2.45, 2.75) is 37.2 Å². The van der Waals surface area contributed by atoms with E-state index in [2.05, 4.69) is 15.9 Å². The molecule has 1 aliphatic rings. The van der Waals surface area contributed by atoms with Gasteiger partial charge in [0.1, 0.15) is 0 Å². The average Bonchev–Trinajstić information content (AvgIpc) is 3.21. The minimum Gasteiger partial charge on any atom is -0.326 e. The third kappa shape index (κ3) is 3.02. The number of nitrogens with two attached hydrogens (primary N) is 1. The number of benzene rings is 1. The van der Waals surface area contributed by atoms with Gasteiger partial charge in [-0.3, -0.25) is 0 Å². The fraction of sp³-hybridized carbons (Fsp3) is 0.538. The summed E-state index contributed by atoms with van der Waals surface area (Å²) >= 11 is 3.32. The predicted molar refractivity (Wildman–Crippen MR) is 79.2 cm³/mol. The highest BCUT2D eigenvalue weighted by Gasteiger charge is 2.36. The lowest BCUT2D eigenvalue weighted by Crippen LogP contribution is -2.36. The quantitative estimate of drug-likeness (QED) is 0.889. The van der Waals surface area contributed by atoms with Gasteiger partial charge in [0.25, 0.3) is 0 Å². The summed E-state index contributed by atoms with van der Waals surface area (Å²) < 4.78 is 27.4. The molecule has 0 bridgehead atoms. The van der Waals surface area contributed by atoms with E-state index in [4.69, 9.17) is 5.73 Å². The molecule has 0 amide bonds. The number of nitrogens with zero attached hydrogens (tertiary/aromatic N) is 1. The van der Waals surface area contributed by atoms with Crippen LogP contribution in [0.15, 0.2) is 27.6 Å². The van der Waals surface area contributed by atoms with Gasteiger partial charge in [-0.05, 0) is 59.3 Å². The summed E-state index contributed by atoms with van der Waals surface area (Å²) in [6.07, 6.45) is 2.23. The monoisotopic (exact) mass is 346 g/mol. The van der Waals surface area contributed by atoms with Crippen molar-refractivity contribution in [3.63, 3.8) is 0 Å². The van der Waals surface area contributed by atoms with Gasteiger partial charge >= 0.3 is 0 Å². The first-order chi connectivity index (χ1) is 8.87. The second-order valence-corrected chi connectivity index (χ2v) is 7.89. The summed E-state index contributed by atoms with van der Waals surface area (Å²) in [5.74, 6) is 0.497. The molecule has 6 heteroatoms. The summed E-state index contributed by atoms with van der Waals surface area (Å²) in [6.45, 7) is 2.30. The van der Waals surface area contributed by atoms with E-state index in [9.17, 15) is 8.42 Å². The first-order valence-corrected chi connectivity index (χ1v) is 8.57. The van der Waals surface area contributed by atoms with Gasteiger partial charge in [0.15, 0.2) is 0 Å². The minimum absolute atomic E-state index is 0.0402. The molecule has 0 saturated heterocycles. The highest BCUT2D eigenvalue weighted by molar-refractivity contribution is 9.10. The molecular formula is C13H19BrN2O2S. The molecule has 2 N–H and O–H groups in total. The van der Waals surface area contributed by atoms with Crippen molar-refractivity contribution in [2.75, 3.05) is 7.05 Å². The molecule has 0 spiro atoms. The van der Waals surface area contributed by atoms with Gasteiger partial charge in [-0.2, -0.15) is 4.31 Å². The van der Waals surface area contributed by atoms with Gasteiger partial charge in [-0.15, -0.1) is 0 Å². The van der Waals surface area contributed by atoms with Crippen molar-refractivity contribution in [1.82, 2.24) is 4.31 Å². The highest BCUT2D eigenvalue weighted by Crippen LogP contribution is 2.37. The molecule has 106 valence electrons. The second-order valence-electron chi connectivity index (χ2n) is 5.07. The third-order valence-corrected chi connectivity index (χ3v) is 6.70. The van der Waals surface area contributed by atoms with Crippen LogP contribution in [-0.2, 0) is 16.6 Å². The smallest absolute Gasteiger partial charge is 0.244 e. The number of hydrogen-bond donors (Lipinski definition) is 1. The zero-order chi connectivity index (χ0) is 14.2. The SMILES string of the molecule is CC(C1CC1)N(C)S(=O)(=O)c1cc(CN)ccc1Br. The summed E-state index contributed by atoms with van der Waals surface area (Å²) in [6, 6.07) is 5.26. The van der Waals surface area contributed by atoms with Crippen LogP contribution in [0, 0.1) is 5.92 Å². The summed E-state index contributed by atoms with van der Waals surface area (Å²) in [5.41, 5.74) is 6.40. The maximum absolute atomic E-state index is 12.6. The Morgan fingerprint density at radius 1 is 1.47 bits per heavy atom. The molecule has 1 fully saturated rings. The van der Waals surface area contributed by atoms with Crippen molar-refractivity contribution in [3.8, 4) is 0 Å². The van der Waals surface area contributed by atoms with Crippen LogP contribution >= 0.6 is 15.9 Å². The average molecular weight is 347 g/mol. The molecule has 0 aliphatic heterocycles. The third-order valence-electron chi connectivity index (χ3n) is 3.77. The number of hydrogen-bond acceptors (Lipinski definition) is 3. The van der Waals surface area contributed by atoms with E-state index in [0.717, 1.165) is 18.4 Å². The van der Waals surface area contributed by atoms with E-state index in [0.29, 0.717) is 21.8 Å². The first kappa shape index (κ1) is 15.0. The van der Waals surface area contributed by atoms with Gasteiger partial charge in [0, 0.05) is 24.1 Å². The highest BCUT2D eigenvalue weighted by atomic mass is 79.9. The maximum Gasteiger partial charge on any atom is 0.244 e. The van der Waals surface area contributed by atoms with Crippen LogP contribution in [0.2, 0.25) is 0 Å². The van der Waals surface area contributed by atoms with Crippen molar-refractivity contribution in [2.24, 2.45) is 11.7 Å². The molecule has 0 radical (unpaired) electrons. The Labute approximate surface area is 123 Å². The molecule has 4 nitrogen and oxygen atoms in total. The van der Waals surface area contributed by atoms with Crippen molar-refractivity contribution in [3.05, 3.63) is 28.2 Å². The maximum atomic E-state index is 12.6. The summed E-state index contributed by atoms with van der Waals surface area (Å²) in [4.78, 5) is 0.297. The largest absolute Gasteiger partial charge is 0.326 e. The molecule has 1 unspecified atom stereocenters. The molecular weight excluding hydrogens is 328 g/mol. The van der Waals surface area contributed by atoms with E-state index in [1.54, 1.807) is 19.2 Å². The van der Waals surface area contributed by atoms with E-state index >= 15 is 0 Å². The fourth-order valence-corrected chi connectivity index (χ4v) is 4.52. The zero-order valence-electron chi connectivity index (χ0n) is 11.1. The van der Waals surface area contributed by atoms with Gasteiger partial charge in [0.05, 0.1) is 4.90 Å². The molecule has 0 heterocycles. The number of rotatable bonds is 5. The lowest BCUT2D eigenvalue weighted by Gasteiger charge is -2.25. The Morgan fingerprint density at radius 3 is 2.63 bits per heavy atom. The van der Waals surface area contributed by atoms with Crippen molar-refractivity contribution in [1.29, 1.82) is 0 Å². The van der Waals surface area contributed by atoms with Gasteiger partial charge in [-0.25, -0.2) is 8.42 Å². The van der Waals surface area contributed by atoms with Crippen LogP contribution in [0.4, 0.5) is 0 Å². The van der Waals surface area contributed by atoms with Crippen LogP contribution in [0.1, 0.15) is 25.3 Å². The van der Waals surface area contributed by atoms with Crippen LogP contribution in [-0.4, -0.2) is 25.8 Å². The Hall–Kier alpha value is -0.430. The lowest BCUT2D eigenvalue weighted by atomic mass is 10.2. The van der Waals surface area contributed by atoms with Crippen LogP contribution in [0.3, 0.4) is 0 Å². The topological polar surface area (TPSA) is 63.4 Å². The van der Waals surface area contributed by atoms with Gasteiger partial charge in [0.2, 0.25) is 10.0 Å². The van der Waals surface area contributed by atoms with Crippen LogP contribution < -0.4 is 5.73 Å². The normalized spacial score (nSPS) is 17.7.